The summed E-state index contributed by atoms with van der Waals surface area (Å²) in [5.74, 6) is 1.42. The molecule has 194 valence electrons. The van der Waals surface area contributed by atoms with Gasteiger partial charge in [0, 0.05) is 19.7 Å². The zero-order chi connectivity index (χ0) is 26.2. The van der Waals surface area contributed by atoms with Gasteiger partial charge in [-0.15, -0.1) is 0 Å². The van der Waals surface area contributed by atoms with Gasteiger partial charge in [-0.1, -0.05) is 33.6 Å². The Balaban J connectivity index is 0.000000550. The molecule has 3 rings (SSSR count). The summed E-state index contributed by atoms with van der Waals surface area (Å²) in [6.45, 7) is 17.1. The molecule has 0 spiro atoms. The number of carbonyl (C=O) groups is 1. The van der Waals surface area contributed by atoms with Crippen molar-refractivity contribution in [3.05, 3.63) is 62.6 Å². The zero-order valence-electron chi connectivity index (χ0n) is 21.7. The lowest BCUT2D eigenvalue weighted by atomic mass is 10.1. The van der Waals surface area contributed by atoms with Crippen LogP contribution in [-0.2, 0) is 0 Å². The van der Waals surface area contributed by atoms with Gasteiger partial charge in [-0.3, -0.25) is 4.79 Å². The first-order chi connectivity index (χ1) is 15.7. The van der Waals surface area contributed by atoms with Crippen LogP contribution in [-0.4, -0.2) is 47.7 Å². The average Bonchev–Trinajstić information content (AvgIpc) is 3.17. The third kappa shape index (κ3) is 10.1. The molecule has 0 saturated carbocycles. The molecule has 1 aromatic heterocycles. The second kappa shape index (κ2) is 13.8. The van der Waals surface area contributed by atoms with Crippen LogP contribution in [0.15, 0.2) is 29.1 Å². The van der Waals surface area contributed by atoms with E-state index in [0.29, 0.717) is 17.0 Å². The second-order valence-electron chi connectivity index (χ2n) is 9.40. The molecule has 3 aromatic rings. The van der Waals surface area contributed by atoms with E-state index in [2.05, 4.69) is 41.7 Å². The number of aromatic nitrogens is 4. The van der Waals surface area contributed by atoms with Crippen molar-refractivity contribution in [2.45, 2.75) is 61.3 Å². The Morgan fingerprint density at radius 1 is 0.914 bits per heavy atom. The number of nitrogens with one attached hydrogen (secondary N) is 1. The molecule has 10 heteroatoms. The smallest absolute Gasteiger partial charge is 0.365 e. The van der Waals surface area contributed by atoms with Gasteiger partial charge < -0.3 is 9.47 Å². The minimum atomic E-state index is -0.611. The van der Waals surface area contributed by atoms with E-state index in [-0.39, 0.29) is 13.1 Å². The predicted octanol–water partition coefficient (Wildman–Crippen LogP) is 5.86. The van der Waals surface area contributed by atoms with Gasteiger partial charge in [0.05, 0.1) is 19.9 Å². The molecule has 0 fully saturated rings. The number of methoxy groups -OCH3 is 2. The number of aryl methyl sites for hydroxylation is 2. The number of tetrazole rings is 1. The van der Waals surface area contributed by atoms with Crippen LogP contribution in [0, 0.1) is 27.7 Å². The predicted molar refractivity (Wildman–Crippen MR) is 147 cm³/mol. The number of nitrogens with zero attached hydrogens (tertiary/aromatic N) is 3. The van der Waals surface area contributed by atoms with Crippen LogP contribution >= 0.6 is 11.6 Å². The molecule has 0 aliphatic rings. The summed E-state index contributed by atoms with van der Waals surface area (Å²) in [6, 6.07) is 7.03. The van der Waals surface area contributed by atoms with Crippen LogP contribution in [0.3, 0.4) is 0 Å². The van der Waals surface area contributed by atoms with Gasteiger partial charge in [0.15, 0.2) is 0 Å². The Labute approximate surface area is 214 Å². The van der Waals surface area contributed by atoms with Crippen LogP contribution in [0.5, 0.6) is 11.5 Å². The molecule has 1 heterocycles. The van der Waals surface area contributed by atoms with Crippen LogP contribution in [0.1, 0.15) is 40.0 Å². The number of rotatable bonds is 4. The number of aromatic amines is 1. The van der Waals surface area contributed by atoms with Crippen LogP contribution < -0.4 is 15.2 Å². The van der Waals surface area contributed by atoms with E-state index in [1.165, 1.54) is 4.68 Å². The van der Waals surface area contributed by atoms with Crippen molar-refractivity contribution in [3.63, 3.8) is 0 Å². The van der Waals surface area contributed by atoms with E-state index in [4.69, 9.17) is 21.1 Å². The normalized spacial score (nSPS) is 10.1. The van der Waals surface area contributed by atoms with Crippen molar-refractivity contribution in [1.82, 2.24) is 20.2 Å². The molecule has 0 aliphatic carbocycles. The van der Waals surface area contributed by atoms with E-state index in [9.17, 15) is 9.59 Å². The van der Waals surface area contributed by atoms with Gasteiger partial charge in [0.25, 0.3) is 5.24 Å². The summed E-state index contributed by atoms with van der Waals surface area (Å²) in [6.07, 6.45) is 0. The van der Waals surface area contributed by atoms with Gasteiger partial charge in [-0.2, -0.15) is 4.68 Å². The fourth-order valence-corrected chi connectivity index (χ4v) is 2.77. The summed E-state index contributed by atoms with van der Waals surface area (Å²) in [4.78, 5) is 22.2. The van der Waals surface area contributed by atoms with E-state index in [0.717, 1.165) is 28.0 Å². The lowest BCUT2D eigenvalue weighted by molar-refractivity contribution is 0.108. The van der Waals surface area contributed by atoms with E-state index < -0.39 is 13.3 Å². The SMILES string of the molecule is C.COc1cc(-n2nn[nH]c2=O)cc(C)c1C.COc1cc(C(=O)Cl)cc(C)c1C.C[Si](C)(C)C. The summed E-state index contributed by atoms with van der Waals surface area (Å²) in [7, 11) is 2.56. The number of halogens is 1. The van der Waals surface area contributed by atoms with Crippen molar-refractivity contribution in [3.8, 4) is 17.2 Å². The van der Waals surface area contributed by atoms with Crippen molar-refractivity contribution < 1.29 is 14.3 Å². The first-order valence-corrected chi connectivity index (χ1v) is 15.1. The van der Waals surface area contributed by atoms with Crippen molar-refractivity contribution in [2.75, 3.05) is 14.2 Å². The quantitative estimate of drug-likeness (QED) is 0.340. The van der Waals surface area contributed by atoms with Gasteiger partial charge in [0.2, 0.25) is 0 Å². The molecule has 0 atom stereocenters. The van der Waals surface area contributed by atoms with Crippen molar-refractivity contribution >= 4 is 24.9 Å². The van der Waals surface area contributed by atoms with Gasteiger partial charge in [-0.25, -0.2) is 9.89 Å². The first-order valence-electron chi connectivity index (χ1n) is 10.7. The molecule has 35 heavy (non-hydrogen) atoms. The number of carbonyl (C=O) groups excluding carboxylic acids is 1. The molecular weight excluding hydrogens is 484 g/mol. The highest BCUT2D eigenvalue weighted by Crippen LogP contribution is 2.25. The summed E-state index contributed by atoms with van der Waals surface area (Å²) >= 11 is 5.36. The molecule has 0 bridgehead atoms. The third-order valence-corrected chi connectivity index (χ3v) is 4.83. The fraction of sp³-hybridized carbons (Fsp3) is 0.440. The molecule has 0 aliphatic heterocycles. The number of benzene rings is 2. The molecule has 0 radical (unpaired) electrons. The van der Waals surface area contributed by atoms with E-state index in [1.807, 2.05) is 33.8 Å². The lowest BCUT2D eigenvalue weighted by Crippen LogP contribution is -2.16. The molecular formula is C25H39ClN4O4Si. The summed E-state index contributed by atoms with van der Waals surface area (Å²) in [5, 5.41) is 8.90. The first kappa shape index (κ1) is 32.1. The van der Waals surface area contributed by atoms with Crippen LogP contribution in [0.25, 0.3) is 5.69 Å². The van der Waals surface area contributed by atoms with Crippen LogP contribution in [0.2, 0.25) is 26.2 Å². The van der Waals surface area contributed by atoms with Gasteiger partial charge >= 0.3 is 5.69 Å². The average molecular weight is 523 g/mol. The van der Waals surface area contributed by atoms with Gasteiger partial charge in [0.1, 0.15) is 11.5 Å². The largest absolute Gasteiger partial charge is 0.496 e. The number of hydrogen-bond acceptors (Lipinski definition) is 6. The molecule has 0 saturated heterocycles. The monoisotopic (exact) mass is 522 g/mol. The molecule has 2 aromatic carbocycles. The maximum absolute atomic E-state index is 11.4. The lowest BCUT2D eigenvalue weighted by Gasteiger charge is -2.09. The fourth-order valence-electron chi connectivity index (χ4n) is 2.66. The van der Waals surface area contributed by atoms with E-state index >= 15 is 0 Å². The maximum Gasteiger partial charge on any atom is 0.365 e. The molecule has 0 unspecified atom stereocenters. The Morgan fingerprint density at radius 2 is 1.37 bits per heavy atom. The van der Waals surface area contributed by atoms with Crippen molar-refractivity contribution in [2.24, 2.45) is 0 Å². The van der Waals surface area contributed by atoms with Crippen LogP contribution in [0.4, 0.5) is 0 Å². The minimum absolute atomic E-state index is 0. The Morgan fingerprint density at radius 3 is 1.77 bits per heavy atom. The maximum atomic E-state index is 11.4. The van der Waals surface area contributed by atoms with Gasteiger partial charge in [-0.05, 0) is 90.2 Å². The Hall–Kier alpha value is -2.91. The second-order valence-corrected chi connectivity index (χ2v) is 15.7. The molecule has 0 amide bonds. The topological polar surface area (TPSA) is 99.1 Å². The van der Waals surface area contributed by atoms with Crippen molar-refractivity contribution in [1.29, 1.82) is 0 Å². The highest BCUT2D eigenvalue weighted by atomic mass is 35.5. The highest BCUT2D eigenvalue weighted by molar-refractivity contribution is 6.74. The number of ether oxygens (including phenoxy) is 2. The van der Waals surface area contributed by atoms with E-state index in [1.54, 1.807) is 32.4 Å². The molecule has 8 nitrogen and oxygen atoms in total. The minimum Gasteiger partial charge on any atom is -0.496 e. The number of hydrogen-bond donors (Lipinski definition) is 1. The standard InChI is InChI=1S/C10H11ClO2.C10H12N4O2.C4H12Si.CH4/c1-6-4-8(10(11)12)5-9(13-3)7(6)2;1-6-4-8(5-9(16-3)7(6)2)14-10(15)11-12-13-14;1-5(2,3)4;/h4-5H,1-3H3;4-5H,1-3H3,(H,11,13,15);1-4H3;1H4. The zero-order valence-corrected chi connectivity index (χ0v) is 23.4. The summed E-state index contributed by atoms with van der Waals surface area (Å²) < 4.78 is 11.5. The Kier molecular flexibility index (Phi) is 12.7. The summed E-state index contributed by atoms with van der Waals surface area (Å²) in [5.41, 5.74) is 4.85. The number of H-pyrrole nitrogens is 1. The highest BCUT2D eigenvalue weighted by Gasteiger charge is 2.09. The Bertz CT molecular complexity index is 1180. The third-order valence-electron chi connectivity index (χ3n) is 4.61. The molecule has 1 N–H and O–H groups in total.